The van der Waals surface area contributed by atoms with Crippen LogP contribution in [0.2, 0.25) is 0 Å². The largest absolute Gasteiger partial charge is 0.321 e. The first-order chi connectivity index (χ1) is 6.60. The van der Waals surface area contributed by atoms with Crippen molar-refractivity contribution in [3.05, 3.63) is 47.0 Å². The van der Waals surface area contributed by atoms with Gasteiger partial charge in [0, 0.05) is 6.04 Å². The van der Waals surface area contributed by atoms with Crippen molar-refractivity contribution >= 4 is 0 Å². The molecule has 0 aliphatic heterocycles. The minimum atomic E-state index is -0.153. The maximum Gasteiger partial charge on any atom is 0.0997 e. The molecule has 0 saturated heterocycles. The number of aryl methyl sites for hydroxylation is 2. The highest BCUT2D eigenvalue weighted by Crippen LogP contribution is 2.19. The van der Waals surface area contributed by atoms with E-state index in [1.807, 2.05) is 26.0 Å². The van der Waals surface area contributed by atoms with Crippen LogP contribution in [0.15, 0.2) is 24.8 Å². The Kier molecular flexibility index (Phi) is 3.06. The van der Waals surface area contributed by atoms with E-state index in [9.17, 15) is 0 Å². The first-order valence-electron chi connectivity index (χ1n) is 4.49. The molecule has 0 spiro atoms. The molecule has 1 atom stereocenters. The van der Waals surface area contributed by atoms with Crippen LogP contribution >= 0.6 is 0 Å². The normalized spacial score (nSPS) is 11.9. The highest BCUT2D eigenvalue weighted by Gasteiger charge is 2.07. The Morgan fingerprint density at radius 2 is 1.93 bits per heavy atom. The number of nitrogens with zero attached hydrogens (tertiary/aromatic N) is 1. The Hall–Kier alpha value is -1.59. The predicted octanol–water partition coefficient (Wildman–Crippen LogP) is 2.36. The fraction of sp³-hybridized carbons (Fsp3) is 0.250. The summed E-state index contributed by atoms with van der Waals surface area (Å²) < 4.78 is 0. The van der Waals surface area contributed by atoms with Crippen LogP contribution in [0.4, 0.5) is 0 Å². The molecule has 72 valence electrons. The first kappa shape index (κ1) is 10.5. The molecule has 2 heteroatoms. The van der Waals surface area contributed by atoms with E-state index in [0.717, 1.165) is 22.3 Å². The van der Waals surface area contributed by atoms with Crippen LogP contribution < -0.4 is 5.73 Å². The van der Waals surface area contributed by atoms with Crippen LogP contribution in [0.25, 0.3) is 0 Å². The molecule has 1 rings (SSSR count). The molecule has 0 aliphatic carbocycles. The molecule has 0 saturated carbocycles. The maximum absolute atomic E-state index is 8.88. The van der Waals surface area contributed by atoms with Crippen LogP contribution in [0.1, 0.15) is 28.3 Å². The van der Waals surface area contributed by atoms with Gasteiger partial charge in [0.15, 0.2) is 0 Å². The Labute approximate surface area is 84.7 Å². The summed E-state index contributed by atoms with van der Waals surface area (Å²) in [6.45, 7) is 7.49. The van der Waals surface area contributed by atoms with E-state index < -0.39 is 0 Å². The molecular weight excluding hydrogens is 172 g/mol. The Balaban J connectivity index is 3.28. The van der Waals surface area contributed by atoms with Gasteiger partial charge in [-0.15, -0.1) is 6.58 Å². The van der Waals surface area contributed by atoms with Crippen LogP contribution in [0, 0.1) is 25.2 Å². The number of nitrogens with two attached hydrogens (primary N) is 1. The minimum absolute atomic E-state index is 0.153. The standard InChI is InChI=1S/C12H14N2/c1-4-12(14)10-5-8(2)11(7-13)9(3)6-10/h4-6,12H,1,14H2,2-3H3/t12-/m1/s1. The van der Waals surface area contributed by atoms with Gasteiger partial charge < -0.3 is 5.73 Å². The first-order valence-corrected chi connectivity index (χ1v) is 4.49. The van der Waals surface area contributed by atoms with Gasteiger partial charge in [-0.1, -0.05) is 18.2 Å². The van der Waals surface area contributed by atoms with Gasteiger partial charge in [0.2, 0.25) is 0 Å². The van der Waals surface area contributed by atoms with Crippen molar-refractivity contribution < 1.29 is 0 Å². The second-order valence-electron chi connectivity index (χ2n) is 3.40. The minimum Gasteiger partial charge on any atom is -0.321 e. The van der Waals surface area contributed by atoms with Crippen molar-refractivity contribution in [3.63, 3.8) is 0 Å². The lowest BCUT2D eigenvalue weighted by Gasteiger charge is -2.10. The molecule has 2 N–H and O–H groups in total. The molecule has 1 aromatic carbocycles. The van der Waals surface area contributed by atoms with Crippen molar-refractivity contribution in [2.24, 2.45) is 5.73 Å². The molecule has 2 nitrogen and oxygen atoms in total. The van der Waals surface area contributed by atoms with Gasteiger partial charge in [-0.05, 0) is 30.5 Å². The highest BCUT2D eigenvalue weighted by molar-refractivity contribution is 5.46. The fourth-order valence-corrected chi connectivity index (χ4v) is 1.50. The van der Waals surface area contributed by atoms with Crippen molar-refractivity contribution in [2.45, 2.75) is 19.9 Å². The summed E-state index contributed by atoms with van der Waals surface area (Å²) in [7, 11) is 0. The molecule has 0 aromatic heterocycles. The monoisotopic (exact) mass is 186 g/mol. The molecule has 14 heavy (non-hydrogen) atoms. The summed E-state index contributed by atoms with van der Waals surface area (Å²) in [6, 6.07) is 5.91. The molecule has 0 aliphatic rings. The van der Waals surface area contributed by atoms with Gasteiger partial charge in [-0.2, -0.15) is 5.26 Å². The van der Waals surface area contributed by atoms with E-state index in [4.69, 9.17) is 11.0 Å². The number of hydrogen-bond acceptors (Lipinski definition) is 2. The average molecular weight is 186 g/mol. The van der Waals surface area contributed by atoms with E-state index in [2.05, 4.69) is 12.6 Å². The van der Waals surface area contributed by atoms with Gasteiger partial charge in [0.25, 0.3) is 0 Å². The summed E-state index contributed by atoms with van der Waals surface area (Å²) in [6.07, 6.45) is 1.69. The second kappa shape index (κ2) is 4.08. The third-order valence-corrected chi connectivity index (χ3v) is 2.31. The van der Waals surface area contributed by atoms with Gasteiger partial charge >= 0.3 is 0 Å². The Morgan fingerprint density at radius 1 is 1.43 bits per heavy atom. The summed E-state index contributed by atoms with van der Waals surface area (Å²) in [5.74, 6) is 0. The lowest BCUT2D eigenvalue weighted by molar-refractivity contribution is 0.909. The average Bonchev–Trinajstić information content (AvgIpc) is 2.16. The van der Waals surface area contributed by atoms with Crippen molar-refractivity contribution in [1.82, 2.24) is 0 Å². The van der Waals surface area contributed by atoms with E-state index in [0.29, 0.717) is 0 Å². The summed E-state index contributed by atoms with van der Waals surface area (Å²) in [4.78, 5) is 0. The van der Waals surface area contributed by atoms with E-state index in [-0.39, 0.29) is 6.04 Å². The zero-order chi connectivity index (χ0) is 10.7. The van der Waals surface area contributed by atoms with Crippen LogP contribution in [0.3, 0.4) is 0 Å². The molecule has 0 heterocycles. The number of nitriles is 1. The molecule has 0 unspecified atom stereocenters. The van der Waals surface area contributed by atoms with Gasteiger partial charge in [0.1, 0.15) is 0 Å². The van der Waals surface area contributed by atoms with Gasteiger partial charge in [-0.25, -0.2) is 0 Å². The number of benzene rings is 1. The molecule has 1 aromatic rings. The Bertz CT molecular complexity index is 376. The third-order valence-electron chi connectivity index (χ3n) is 2.31. The molecular formula is C12H14N2. The SMILES string of the molecule is C=C[C@@H](N)c1cc(C)c(C#N)c(C)c1. The predicted molar refractivity (Wildman–Crippen MR) is 57.8 cm³/mol. The van der Waals surface area contributed by atoms with Gasteiger partial charge in [-0.3, -0.25) is 0 Å². The summed E-state index contributed by atoms with van der Waals surface area (Å²) in [5.41, 5.74) is 9.52. The van der Waals surface area contributed by atoms with E-state index in [1.165, 1.54) is 0 Å². The lowest BCUT2D eigenvalue weighted by atomic mass is 9.97. The molecule has 0 bridgehead atoms. The molecule has 0 fully saturated rings. The lowest BCUT2D eigenvalue weighted by Crippen LogP contribution is -2.07. The van der Waals surface area contributed by atoms with Crippen molar-refractivity contribution in [3.8, 4) is 6.07 Å². The topological polar surface area (TPSA) is 49.8 Å². The highest BCUT2D eigenvalue weighted by atomic mass is 14.6. The summed E-state index contributed by atoms with van der Waals surface area (Å²) in [5, 5.41) is 8.88. The fourth-order valence-electron chi connectivity index (χ4n) is 1.50. The van der Waals surface area contributed by atoms with Crippen LogP contribution in [-0.4, -0.2) is 0 Å². The van der Waals surface area contributed by atoms with Crippen molar-refractivity contribution in [2.75, 3.05) is 0 Å². The maximum atomic E-state index is 8.88. The summed E-state index contributed by atoms with van der Waals surface area (Å²) >= 11 is 0. The van der Waals surface area contributed by atoms with Crippen LogP contribution in [-0.2, 0) is 0 Å². The van der Waals surface area contributed by atoms with E-state index >= 15 is 0 Å². The molecule has 0 radical (unpaired) electrons. The van der Waals surface area contributed by atoms with Crippen molar-refractivity contribution in [1.29, 1.82) is 5.26 Å². The number of rotatable bonds is 2. The number of hydrogen-bond donors (Lipinski definition) is 1. The zero-order valence-electron chi connectivity index (χ0n) is 8.54. The smallest absolute Gasteiger partial charge is 0.0997 e. The van der Waals surface area contributed by atoms with E-state index in [1.54, 1.807) is 6.08 Å². The second-order valence-corrected chi connectivity index (χ2v) is 3.40. The quantitative estimate of drug-likeness (QED) is 0.721. The zero-order valence-corrected chi connectivity index (χ0v) is 8.54. The Morgan fingerprint density at radius 3 is 2.29 bits per heavy atom. The van der Waals surface area contributed by atoms with Gasteiger partial charge in [0.05, 0.1) is 11.6 Å². The molecule has 0 amide bonds. The third kappa shape index (κ3) is 1.84. The van der Waals surface area contributed by atoms with Crippen LogP contribution in [0.5, 0.6) is 0 Å².